The second-order valence-corrected chi connectivity index (χ2v) is 13.2. The topological polar surface area (TPSA) is 9.23 Å². The first-order valence-corrected chi connectivity index (χ1v) is 16.5. The third-order valence-corrected chi connectivity index (χ3v) is 10.8. The highest BCUT2D eigenvalue weighted by atomic mass is 16.5. The van der Waals surface area contributed by atoms with E-state index in [0.29, 0.717) is 11.8 Å². The fourth-order valence-electron chi connectivity index (χ4n) is 8.66. The molecule has 8 aromatic carbocycles. The van der Waals surface area contributed by atoms with Crippen LogP contribution in [0.1, 0.15) is 23.0 Å². The van der Waals surface area contributed by atoms with E-state index in [9.17, 15) is 0 Å². The van der Waals surface area contributed by atoms with Crippen LogP contribution in [-0.4, -0.2) is 0 Å². The standard InChI is InChI=1S/C46H28O/c1-2-8-28-26-42-40-20-19-33(36-10-5-13-39(45(36)40)41(42)25-27(28)7-1)31-17-15-30-24-32(18-16-29(30)23-31)34-21-22-44-46-37(34)11-6-12-38(46)35-9-3-4-14-43(35)47-44/h1-26,41-42H. The van der Waals surface area contributed by atoms with Gasteiger partial charge in [0.05, 0.1) is 0 Å². The molecule has 0 fully saturated rings. The van der Waals surface area contributed by atoms with Crippen molar-refractivity contribution in [3.8, 4) is 44.9 Å². The van der Waals surface area contributed by atoms with Gasteiger partial charge < -0.3 is 4.74 Å². The second-order valence-electron chi connectivity index (χ2n) is 13.2. The molecular formula is C46H28O. The number of para-hydroxylation sites is 1. The van der Waals surface area contributed by atoms with Gasteiger partial charge in [-0.15, -0.1) is 0 Å². The molecule has 3 aliphatic rings. The Morgan fingerprint density at radius 1 is 0.383 bits per heavy atom. The van der Waals surface area contributed by atoms with Crippen molar-refractivity contribution < 1.29 is 4.74 Å². The Bertz CT molecular complexity index is 2740. The van der Waals surface area contributed by atoms with Crippen molar-refractivity contribution in [2.24, 2.45) is 0 Å². The summed E-state index contributed by atoms with van der Waals surface area (Å²) in [5, 5.41) is 10.4. The van der Waals surface area contributed by atoms with Gasteiger partial charge in [0.2, 0.25) is 0 Å². The van der Waals surface area contributed by atoms with Gasteiger partial charge in [0.25, 0.3) is 0 Å². The summed E-state index contributed by atoms with van der Waals surface area (Å²) < 4.78 is 6.35. The van der Waals surface area contributed by atoms with Crippen molar-refractivity contribution in [3.05, 3.63) is 167 Å². The molecule has 0 aromatic heterocycles. The Morgan fingerprint density at radius 2 is 0.979 bits per heavy atom. The lowest BCUT2D eigenvalue weighted by molar-refractivity contribution is 0.487. The molecule has 2 unspecified atom stereocenters. The first kappa shape index (κ1) is 25.3. The van der Waals surface area contributed by atoms with Gasteiger partial charge in [-0.1, -0.05) is 133 Å². The van der Waals surface area contributed by atoms with E-state index in [1.54, 1.807) is 0 Å². The summed E-state index contributed by atoms with van der Waals surface area (Å²) >= 11 is 0. The minimum absolute atomic E-state index is 0.394. The van der Waals surface area contributed by atoms with Crippen LogP contribution in [0.5, 0.6) is 11.5 Å². The summed E-state index contributed by atoms with van der Waals surface area (Å²) in [6.45, 7) is 0. The van der Waals surface area contributed by atoms with Gasteiger partial charge in [-0.2, -0.15) is 0 Å². The molecule has 47 heavy (non-hydrogen) atoms. The summed E-state index contributed by atoms with van der Waals surface area (Å²) in [6.07, 6.45) is 4.97. The highest BCUT2D eigenvalue weighted by Crippen LogP contribution is 2.51. The summed E-state index contributed by atoms with van der Waals surface area (Å²) in [6, 6.07) is 53.5. The molecule has 8 aromatic rings. The molecule has 1 heteroatoms. The maximum absolute atomic E-state index is 6.35. The molecule has 0 amide bonds. The monoisotopic (exact) mass is 596 g/mol. The Kier molecular flexibility index (Phi) is 5.01. The van der Waals surface area contributed by atoms with Crippen molar-refractivity contribution in [2.45, 2.75) is 11.8 Å². The lowest BCUT2D eigenvalue weighted by Gasteiger charge is -2.22. The SMILES string of the molecule is C1=c2ccccc2=CC2c3ccc(-c4ccc5cc(-c6ccc7c8c(cccc68)-c6ccccc6O7)ccc5c4)c4cccc(c34)C12. The summed E-state index contributed by atoms with van der Waals surface area (Å²) in [5.74, 6) is 2.63. The Morgan fingerprint density at radius 3 is 1.72 bits per heavy atom. The third-order valence-electron chi connectivity index (χ3n) is 10.8. The van der Waals surface area contributed by atoms with Crippen LogP contribution < -0.4 is 15.2 Å². The number of ether oxygens (including phenoxy) is 1. The zero-order chi connectivity index (χ0) is 30.6. The minimum atomic E-state index is 0.394. The molecule has 1 heterocycles. The van der Waals surface area contributed by atoms with E-state index in [-0.39, 0.29) is 0 Å². The maximum atomic E-state index is 6.35. The number of hydrogen-bond donors (Lipinski definition) is 0. The summed E-state index contributed by atoms with van der Waals surface area (Å²) in [5.41, 5.74) is 10.3. The smallest absolute Gasteiger partial charge is 0.135 e. The zero-order valence-corrected chi connectivity index (χ0v) is 25.6. The van der Waals surface area contributed by atoms with Gasteiger partial charge in [0, 0.05) is 22.8 Å². The van der Waals surface area contributed by atoms with E-state index in [1.807, 2.05) is 6.07 Å². The molecule has 1 aliphatic heterocycles. The van der Waals surface area contributed by atoms with Crippen molar-refractivity contribution in [2.75, 3.05) is 0 Å². The van der Waals surface area contributed by atoms with Gasteiger partial charge in [0.15, 0.2) is 0 Å². The Balaban J connectivity index is 1.02. The quantitative estimate of drug-likeness (QED) is 0.193. The van der Waals surface area contributed by atoms with Crippen LogP contribution >= 0.6 is 0 Å². The Labute approximate surface area is 272 Å². The van der Waals surface area contributed by atoms with Crippen molar-refractivity contribution in [1.29, 1.82) is 0 Å². The lowest BCUT2D eigenvalue weighted by Crippen LogP contribution is -2.29. The molecular weight excluding hydrogens is 569 g/mol. The highest BCUT2D eigenvalue weighted by Gasteiger charge is 2.33. The van der Waals surface area contributed by atoms with Gasteiger partial charge in [0.1, 0.15) is 11.5 Å². The van der Waals surface area contributed by atoms with Gasteiger partial charge in [-0.05, 0) is 101 Å². The lowest BCUT2D eigenvalue weighted by atomic mass is 9.85. The maximum Gasteiger partial charge on any atom is 0.135 e. The highest BCUT2D eigenvalue weighted by molar-refractivity contribution is 6.11. The van der Waals surface area contributed by atoms with Crippen molar-refractivity contribution in [3.63, 3.8) is 0 Å². The van der Waals surface area contributed by atoms with Crippen LogP contribution in [-0.2, 0) is 0 Å². The predicted octanol–water partition coefficient (Wildman–Crippen LogP) is 10.7. The molecule has 0 saturated heterocycles. The molecule has 1 nitrogen and oxygen atoms in total. The number of fused-ring (bicyclic) bond motifs is 7. The zero-order valence-electron chi connectivity index (χ0n) is 25.6. The van der Waals surface area contributed by atoms with E-state index >= 15 is 0 Å². The average molecular weight is 597 g/mol. The second kappa shape index (κ2) is 9.31. The molecule has 0 radical (unpaired) electrons. The summed E-state index contributed by atoms with van der Waals surface area (Å²) in [7, 11) is 0. The first-order chi connectivity index (χ1) is 23.3. The molecule has 0 saturated carbocycles. The largest absolute Gasteiger partial charge is 0.456 e. The molecule has 0 N–H and O–H groups in total. The van der Waals surface area contributed by atoms with Crippen molar-refractivity contribution in [1.82, 2.24) is 0 Å². The first-order valence-electron chi connectivity index (χ1n) is 16.5. The van der Waals surface area contributed by atoms with Gasteiger partial charge in [-0.25, -0.2) is 0 Å². The number of benzene rings is 8. The average Bonchev–Trinajstić information content (AvgIpc) is 3.44. The van der Waals surface area contributed by atoms with Crippen LogP contribution in [0.2, 0.25) is 0 Å². The van der Waals surface area contributed by atoms with Gasteiger partial charge in [-0.3, -0.25) is 0 Å². The Hall–Kier alpha value is -5.92. The fourth-order valence-corrected chi connectivity index (χ4v) is 8.66. The van der Waals surface area contributed by atoms with E-state index in [4.69, 9.17) is 4.74 Å². The van der Waals surface area contributed by atoms with E-state index in [1.165, 1.54) is 81.7 Å². The third kappa shape index (κ3) is 3.54. The minimum Gasteiger partial charge on any atom is -0.456 e. The molecule has 0 spiro atoms. The van der Waals surface area contributed by atoms with Crippen LogP contribution in [0.25, 0.3) is 77.9 Å². The molecule has 218 valence electrons. The van der Waals surface area contributed by atoms with E-state index < -0.39 is 0 Å². The van der Waals surface area contributed by atoms with Crippen LogP contribution in [0.3, 0.4) is 0 Å². The van der Waals surface area contributed by atoms with E-state index in [2.05, 4.69) is 152 Å². The molecule has 2 atom stereocenters. The number of rotatable bonds is 2. The van der Waals surface area contributed by atoms with Crippen LogP contribution in [0.15, 0.2) is 146 Å². The molecule has 2 aliphatic carbocycles. The summed E-state index contributed by atoms with van der Waals surface area (Å²) in [4.78, 5) is 0. The van der Waals surface area contributed by atoms with Crippen LogP contribution in [0.4, 0.5) is 0 Å². The van der Waals surface area contributed by atoms with Gasteiger partial charge >= 0.3 is 0 Å². The molecule has 0 bridgehead atoms. The molecule has 11 rings (SSSR count). The van der Waals surface area contributed by atoms with E-state index in [0.717, 1.165) is 17.1 Å². The van der Waals surface area contributed by atoms with Crippen LogP contribution in [0, 0.1) is 0 Å². The normalized spacial score (nSPS) is 16.6. The fraction of sp³-hybridized carbons (Fsp3) is 0.0435. The van der Waals surface area contributed by atoms with Crippen molar-refractivity contribution >= 4 is 44.5 Å². The number of hydrogen-bond acceptors (Lipinski definition) is 1. The predicted molar refractivity (Wildman–Crippen MR) is 195 cm³/mol.